The number of benzene rings is 1. The highest BCUT2D eigenvalue weighted by Crippen LogP contribution is 2.28. The molecular weight excluding hydrogens is 658 g/mol. The second-order valence-corrected chi connectivity index (χ2v) is 12.1. The Balaban J connectivity index is 1.22. The second-order valence-electron chi connectivity index (χ2n) is 11.3. The zero-order valence-electron chi connectivity index (χ0n) is 27.3. The van der Waals surface area contributed by atoms with Crippen LogP contribution in [0.5, 0.6) is 5.75 Å². The number of ether oxygens (including phenoxy) is 4. The molecule has 0 radical (unpaired) electrons. The van der Waals surface area contributed by atoms with E-state index in [0.717, 1.165) is 42.4 Å². The fourth-order valence-corrected chi connectivity index (χ4v) is 4.68. The van der Waals surface area contributed by atoms with Gasteiger partial charge in [-0.15, -0.1) is 0 Å². The molecule has 2 aromatic rings. The molecule has 256 valence electrons. The first-order chi connectivity index (χ1) is 22.3. The highest BCUT2D eigenvalue weighted by Gasteiger charge is 2.27. The van der Waals surface area contributed by atoms with Crippen LogP contribution in [0.2, 0.25) is 0 Å². The minimum absolute atomic E-state index is 0.0325. The standard InChI is InChI=1S/C32H50BrN7O6/c1-24(2)34-13-16-43-18-19-44-20-21-45-23-29(41)35-14-17-46-27-10-8-26(9-11-27)38-32-37-22-28(33)30(39-32)36-12-5-15-40(3)31(42)25-6-4-7-25/h8-11,22,24-25,34H,4-7,12-21,23H2,1-3H3,(H,35,41)(H2,36,37,38,39). The molecule has 1 fully saturated rings. The molecule has 0 unspecified atom stereocenters. The first-order valence-electron chi connectivity index (χ1n) is 16.1. The molecule has 1 aliphatic rings. The number of hydrogen-bond acceptors (Lipinski definition) is 11. The lowest BCUT2D eigenvalue weighted by Crippen LogP contribution is -2.37. The van der Waals surface area contributed by atoms with Gasteiger partial charge in [-0.1, -0.05) is 20.3 Å². The Bertz CT molecular complexity index is 1170. The van der Waals surface area contributed by atoms with Gasteiger partial charge in [-0.3, -0.25) is 9.59 Å². The van der Waals surface area contributed by atoms with E-state index in [1.54, 1.807) is 6.20 Å². The summed E-state index contributed by atoms with van der Waals surface area (Å²) in [7, 11) is 1.88. The van der Waals surface area contributed by atoms with Crippen molar-refractivity contribution in [2.45, 2.75) is 45.6 Å². The molecule has 0 bridgehead atoms. The van der Waals surface area contributed by atoms with Gasteiger partial charge in [-0.2, -0.15) is 4.98 Å². The van der Waals surface area contributed by atoms with Crippen LogP contribution in [0.1, 0.15) is 39.5 Å². The highest BCUT2D eigenvalue weighted by atomic mass is 79.9. The van der Waals surface area contributed by atoms with Crippen molar-refractivity contribution < 1.29 is 28.5 Å². The van der Waals surface area contributed by atoms with Gasteiger partial charge in [-0.25, -0.2) is 4.98 Å². The Labute approximate surface area is 281 Å². The van der Waals surface area contributed by atoms with Crippen LogP contribution in [-0.2, 0) is 23.8 Å². The summed E-state index contributed by atoms with van der Waals surface area (Å²) < 4.78 is 22.7. The number of nitrogens with zero attached hydrogens (tertiary/aromatic N) is 3. The SMILES string of the molecule is CC(C)NCCOCCOCCOCC(=O)NCCOc1ccc(Nc2ncc(Br)c(NCCCN(C)C(=O)C3CCC3)n2)cc1. The number of nitrogens with one attached hydrogen (secondary N) is 4. The Hall–Kier alpha value is -3.04. The van der Waals surface area contributed by atoms with Crippen LogP contribution in [-0.4, -0.2) is 112 Å². The Morgan fingerprint density at radius 3 is 2.39 bits per heavy atom. The number of rotatable bonds is 24. The lowest BCUT2D eigenvalue weighted by atomic mass is 9.84. The van der Waals surface area contributed by atoms with Crippen molar-refractivity contribution in [3.63, 3.8) is 0 Å². The number of amides is 2. The van der Waals surface area contributed by atoms with Crippen LogP contribution in [0.4, 0.5) is 17.5 Å². The summed E-state index contributed by atoms with van der Waals surface area (Å²) in [6.45, 7) is 9.46. The van der Waals surface area contributed by atoms with Crippen LogP contribution >= 0.6 is 15.9 Å². The number of carbonyl (C=O) groups excluding carboxylic acids is 2. The van der Waals surface area contributed by atoms with Crippen LogP contribution < -0.4 is 26.0 Å². The molecule has 1 aromatic carbocycles. The molecule has 1 aliphatic carbocycles. The molecule has 46 heavy (non-hydrogen) atoms. The number of anilines is 3. The minimum Gasteiger partial charge on any atom is -0.492 e. The second kappa shape index (κ2) is 21.7. The normalized spacial score (nSPS) is 12.9. The fraction of sp³-hybridized carbons (Fsp3) is 0.625. The molecule has 3 rings (SSSR count). The molecule has 0 spiro atoms. The van der Waals surface area contributed by atoms with E-state index in [9.17, 15) is 9.59 Å². The molecular formula is C32H50BrN7O6. The van der Waals surface area contributed by atoms with E-state index in [2.05, 4.69) is 61.0 Å². The molecule has 0 aliphatic heterocycles. The third kappa shape index (κ3) is 15.0. The maximum atomic E-state index is 12.3. The summed E-state index contributed by atoms with van der Waals surface area (Å²) in [5.74, 6) is 2.07. The van der Waals surface area contributed by atoms with Crippen molar-refractivity contribution >= 4 is 45.2 Å². The topological polar surface area (TPSA) is 148 Å². The third-order valence-corrected chi connectivity index (χ3v) is 7.70. The lowest BCUT2D eigenvalue weighted by Gasteiger charge is -2.29. The van der Waals surface area contributed by atoms with Gasteiger partial charge in [0.05, 0.1) is 44.1 Å². The first kappa shape index (κ1) is 37.4. The van der Waals surface area contributed by atoms with E-state index in [4.69, 9.17) is 18.9 Å². The summed E-state index contributed by atoms with van der Waals surface area (Å²) in [5.41, 5.74) is 0.803. The number of carbonyl (C=O) groups is 2. The van der Waals surface area contributed by atoms with Gasteiger partial charge in [0.2, 0.25) is 17.8 Å². The molecule has 1 aromatic heterocycles. The van der Waals surface area contributed by atoms with Gasteiger partial charge >= 0.3 is 0 Å². The monoisotopic (exact) mass is 707 g/mol. The Kier molecular flexibility index (Phi) is 17.6. The maximum Gasteiger partial charge on any atom is 0.246 e. The van der Waals surface area contributed by atoms with Crippen molar-refractivity contribution in [1.82, 2.24) is 25.5 Å². The Morgan fingerprint density at radius 1 is 0.978 bits per heavy atom. The van der Waals surface area contributed by atoms with Gasteiger partial charge in [0.15, 0.2) is 0 Å². The average Bonchev–Trinajstić information content (AvgIpc) is 3.01. The average molecular weight is 709 g/mol. The summed E-state index contributed by atoms with van der Waals surface area (Å²) >= 11 is 3.50. The molecule has 14 heteroatoms. The van der Waals surface area contributed by atoms with Crippen molar-refractivity contribution in [1.29, 1.82) is 0 Å². The first-order valence-corrected chi connectivity index (χ1v) is 16.9. The molecule has 4 N–H and O–H groups in total. The highest BCUT2D eigenvalue weighted by molar-refractivity contribution is 9.10. The maximum absolute atomic E-state index is 12.3. The Morgan fingerprint density at radius 2 is 1.70 bits per heavy atom. The van der Waals surface area contributed by atoms with Gasteiger partial charge < -0.3 is 45.1 Å². The van der Waals surface area contributed by atoms with E-state index in [1.807, 2.05) is 36.2 Å². The van der Waals surface area contributed by atoms with Crippen LogP contribution in [0.25, 0.3) is 0 Å². The zero-order valence-corrected chi connectivity index (χ0v) is 28.9. The van der Waals surface area contributed by atoms with Gasteiger partial charge in [0.1, 0.15) is 24.8 Å². The molecule has 2 amide bonds. The van der Waals surface area contributed by atoms with E-state index in [0.29, 0.717) is 82.8 Å². The molecule has 1 heterocycles. The molecule has 13 nitrogen and oxygen atoms in total. The van der Waals surface area contributed by atoms with E-state index >= 15 is 0 Å². The predicted octanol–water partition coefficient (Wildman–Crippen LogP) is 3.59. The van der Waals surface area contributed by atoms with Crippen LogP contribution in [0.15, 0.2) is 34.9 Å². The van der Waals surface area contributed by atoms with Crippen molar-refractivity contribution in [2.24, 2.45) is 5.92 Å². The summed E-state index contributed by atoms with van der Waals surface area (Å²) in [6, 6.07) is 7.85. The van der Waals surface area contributed by atoms with Crippen LogP contribution in [0, 0.1) is 5.92 Å². The fourth-order valence-electron chi connectivity index (χ4n) is 4.35. The van der Waals surface area contributed by atoms with Crippen molar-refractivity contribution in [3.05, 3.63) is 34.9 Å². The lowest BCUT2D eigenvalue weighted by molar-refractivity contribution is -0.136. The van der Waals surface area contributed by atoms with Crippen molar-refractivity contribution in [2.75, 3.05) is 90.1 Å². The minimum atomic E-state index is -0.209. The summed E-state index contributed by atoms with van der Waals surface area (Å²) in [5, 5.41) is 12.6. The number of halogens is 1. The third-order valence-electron chi connectivity index (χ3n) is 7.12. The van der Waals surface area contributed by atoms with E-state index in [1.165, 1.54) is 0 Å². The number of aromatic nitrogens is 2. The van der Waals surface area contributed by atoms with Crippen molar-refractivity contribution in [3.8, 4) is 5.75 Å². The van der Waals surface area contributed by atoms with Gasteiger partial charge in [-0.05, 0) is 59.5 Å². The quantitative estimate of drug-likeness (QED) is 0.119. The molecule has 0 saturated heterocycles. The number of hydrogen-bond donors (Lipinski definition) is 4. The summed E-state index contributed by atoms with van der Waals surface area (Å²) in [4.78, 5) is 35.0. The van der Waals surface area contributed by atoms with Gasteiger partial charge in [0, 0.05) is 50.5 Å². The van der Waals surface area contributed by atoms with Crippen LogP contribution in [0.3, 0.4) is 0 Å². The molecule has 0 atom stereocenters. The van der Waals surface area contributed by atoms with E-state index in [-0.39, 0.29) is 24.3 Å². The predicted molar refractivity (Wildman–Crippen MR) is 182 cm³/mol. The summed E-state index contributed by atoms with van der Waals surface area (Å²) in [6.07, 6.45) is 5.70. The largest absolute Gasteiger partial charge is 0.492 e. The van der Waals surface area contributed by atoms with E-state index < -0.39 is 0 Å². The van der Waals surface area contributed by atoms with Gasteiger partial charge in [0.25, 0.3) is 0 Å². The zero-order chi connectivity index (χ0) is 33.0. The molecule has 1 saturated carbocycles. The smallest absolute Gasteiger partial charge is 0.246 e.